The van der Waals surface area contributed by atoms with Crippen molar-refractivity contribution in [1.29, 1.82) is 0 Å². The van der Waals surface area contributed by atoms with Crippen LogP contribution in [0, 0.1) is 0 Å². The lowest BCUT2D eigenvalue weighted by Crippen LogP contribution is -2.05. The monoisotopic (exact) mass is 295 g/mol. The van der Waals surface area contributed by atoms with E-state index < -0.39 is 0 Å². The number of nitrogens with zero attached hydrogens (tertiary/aromatic N) is 1. The van der Waals surface area contributed by atoms with Gasteiger partial charge in [0.15, 0.2) is 0 Å². The van der Waals surface area contributed by atoms with Crippen LogP contribution >= 0.6 is 22.7 Å². The number of carbonyl (C=O) groups is 1. The summed E-state index contributed by atoms with van der Waals surface area (Å²) in [6, 6.07) is 4.13. The minimum Gasteiger partial charge on any atom is -0.459 e. The molecule has 5 heteroatoms. The zero-order valence-corrected chi connectivity index (χ0v) is 12.6. The van der Waals surface area contributed by atoms with Crippen molar-refractivity contribution in [1.82, 2.24) is 4.98 Å². The maximum Gasteiger partial charge on any atom is 0.306 e. The lowest BCUT2D eigenvalue weighted by atomic mass is 10.2. The molecule has 0 saturated carbocycles. The van der Waals surface area contributed by atoms with Gasteiger partial charge in [-0.1, -0.05) is 13.0 Å². The topological polar surface area (TPSA) is 39.2 Å². The van der Waals surface area contributed by atoms with E-state index in [0.717, 1.165) is 30.0 Å². The van der Waals surface area contributed by atoms with Crippen LogP contribution in [0.25, 0.3) is 0 Å². The third-order valence-electron chi connectivity index (χ3n) is 2.67. The van der Waals surface area contributed by atoms with Crippen molar-refractivity contribution in [3.63, 3.8) is 0 Å². The van der Waals surface area contributed by atoms with Gasteiger partial charge in [-0.15, -0.1) is 22.7 Å². The second-order valence-electron chi connectivity index (χ2n) is 4.18. The van der Waals surface area contributed by atoms with Crippen molar-refractivity contribution in [2.45, 2.75) is 39.2 Å². The van der Waals surface area contributed by atoms with Crippen LogP contribution < -0.4 is 0 Å². The summed E-state index contributed by atoms with van der Waals surface area (Å²) in [5.41, 5.74) is 0.855. The zero-order valence-electron chi connectivity index (χ0n) is 10.9. The smallest absolute Gasteiger partial charge is 0.306 e. The molecule has 2 rings (SSSR count). The Hall–Kier alpha value is -1.20. The number of ether oxygens (including phenoxy) is 1. The van der Waals surface area contributed by atoms with Gasteiger partial charge in [0.1, 0.15) is 6.61 Å². The molecule has 0 aliphatic carbocycles. The second kappa shape index (κ2) is 7.40. The van der Waals surface area contributed by atoms with E-state index in [0.29, 0.717) is 13.0 Å². The molecule has 0 spiro atoms. The molecule has 0 unspecified atom stereocenters. The average molecular weight is 295 g/mol. The molecule has 0 aromatic carbocycles. The van der Waals surface area contributed by atoms with Gasteiger partial charge in [-0.25, -0.2) is 4.98 Å². The molecule has 102 valence electrons. The number of rotatable bonds is 7. The van der Waals surface area contributed by atoms with Crippen LogP contribution in [-0.2, 0) is 29.0 Å². The number of aryl methyl sites for hydroxylation is 2. The molecule has 0 aliphatic heterocycles. The molecular formula is C14H17NO2S2. The normalized spacial score (nSPS) is 10.6. The molecular weight excluding hydrogens is 278 g/mol. The van der Waals surface area contributed by atoms with Crippen LogP contribution in [0.2, 0.25) is 0 Å². The molecule has 2 heterocycles. The Kier molecular flexibility index (Phi) is 5.54. The van der Waals surface area contributed by atoms with Crippen molar-refractivity contribution >= 4 is 28.6 Å². The van der Waals surface area contributed by atoms with Crippen LogP contribution in [0.5, 0.6) is 0 Å². The molecule has 2 aromatic rings. The van der Waals surface area contributed by atoms with E-state index in [2.05, 4.69) is 23.4 Å². The molecule has 2 aromatic heterocycles. The summed E-state index contributed by atoms with van der Waals surface area (Å²) < 4.78 is 5.21. The first-order valence-corrected chi connectivity index (χ1v) is 8.15. The van der Waals surface area contributed by atoms with E-state index in [1.807, 2.05) is 11.4 Å². The minimum atomic E-state index is -0.136. The highest BCUT2D eigenvalue weighted by molar-refractivity contribution is 7.10. The van der Waals surface area contributed by atoms with E-state index >= 15 is 0 Å². The van der Waals surface area contributed by atoms with Gasteiger partial charge < -0.3 is 4.74 Å². The van der Waals surface area contributed by atoms with Gasteiger partial charge in [0.25, 0.3) is 0 Å². The first-order valence-electron chi connectivity index (χ1n) is 6.39. The van der Waals surface area contributed by atoms with Crippen molar-refractivity contribution in [3.8, 4) is 0 Å². The number of thiazole rings is 1. The van der Waals surface area contributed by atoms with Crippen molar-refractivity contribution in [2.24, 2.45) is 0 Å². The van der Waals surface area contributed by atoms with E-state index in [9.17, 15) is 4.79 Å². The number of aromatic nitrogens is 1. The maximum absolute atomic E-state index is 11.6. The van der Waals surface area contributed by atoms with Gasteiger partial charge in [-0.05, 0) is 30.7 Å². The second-order valence-corrected chi connectivity index (χ2v) is 6.15. The molecule has 0 radical (unpaired) electrons. The van der Waals surface area contributed by atoms with Crippen LogP contribution in [0.4, 0.5) is 0 Å². The number of thiophene rings is 1. The summed E-state index contributed by atoms with van der Waals surface area (Å²) in [4.78, 5) is 17.3. The van der Waals surface area contributed by atoms with Gasteiger partial charge >= 0.3 is 5.97 Å². The Bertz CT molecular complexity index is 505. The van der Waals surface area contributed by atoms with E-state index in [-0.39, 0.29) is 5.97 Å². The lowest BCUT2D eigenvalue weighted by molar-refractivity contribution is -0.145. The summed E-state index contributed by atoms with van der Waals surface area (Å²) in [6.07, 6.45) is 3.20. The van der Waals surface area contributed by atoms with Crippen LogP contribution in [-0.4, -0.2) is 11.0 Å². The van der Waals surface area contributed by atoms with Crippen LogP contribution in [0.1, 0.15) is 35.3 Å². The molecule has 0 N–H and O–H groups in total. The molecule has 0 bridgehead atoms. The third kappa shape index (κ3) is 4.76. The highest BCUT2D eigenvalue weighted by atomic mass is 32.1. The van der Waals surface area contributed by atoms with Crippen molar-refractivity contribution in [2.75, 3.05) is 0 Å². The molecule has 0 atom stereocenters. The van der Waals surface area contributed by atoms with Crippen molar-refractivity contribution < 1.29 is 9.53 Å². The lowest BCUT2D eigenvalue weighted by Gasteiger charge is -2.02. The fraction of sp³-hybridized carbons (Fsp3) is 0.429. The average Bonchev–Trinajstić information content (AvgIpc) is 3.07. The van der Waals surface area contributed by atoms with Crippen LogP contribution in [0.15, 0.2) is 22.9 Å². The van der Waals surface area contributed by atoms with Gasteiger partial charge in [0.2, 0.25) is 0 Å². The minimum absolute atomic E-state index is 0.136. The van der Waals surface area contributed by atoms with Crippen molar-refractivity contribution in [3.05, 3.63) is 38.5 Å². The highest BCUT2D eigenvalue weighted by Gasteiger charge is 2.06. The molecule has 0 aliphatic rings. The summed E-state index contributed by atoms with van der Waals surface area (Å²) >= 11 is 3.35. The Morgan fingerprint density at radius 1 is 1.42 bits per heavy atom. The quantitative estimate of drug-likeness (QED) is 0.729. The van der Waals surface area contributed by atoms with Gasteiger partial charge in [0.05, 0.1) is 10.7 Å². The van der Waals surface area contributed by atoms with Crippen LogP contribution in [0.3, 0.4) is 0 Å². The SMILES string of the molecule is CCc1nc(COC(=O)CCCc2cccs2)cs1. The van der Waals surface area contributed by atoms with E-state index in [1.54, 1.807) is 22.7 Å². The van der Waals surface area contributed by atoms with Gasteiger partial charge in [-0.2, -0.15) is 0 Å². The maximum atomic E-state index is 11.6. The highest BCUT2D eigenvalue weighted by Crippen LogP contribution is 2.13. The number of carbonyl (C=O) groups excluding carboxylic acids is 1. The third-order valence-corrected chi connectivity index (χ3v) is 4.65. The molecule has 19 heavy (non-hydrogen) atoms. The van der Waals surface area contributed by atoms with Gasteiger partial charge in [-0.3, -0.25) is 4.79 Å². The number of hydrogen-bond acceptors (Lipinski definition) is 5. The summed E-state index contributed by atoms with van der Waals surface area (Å²) in [5.74, 6) is -0.136. The Morgan fingerprint density at radius 3 is 3.00 bits per heavy atom. The fourth-order valence-electron chi connectivity index (χ4n) is 1.67. The Morgan fingerprint density at radius 2 is 2.32 bits per heavy atom. The van der Waals surface area contributed by atoms with E-state index in [1.165, 1.54) is 4.88 Å². The zero-order chi connectivity index (χ0) is 13.5. The summed E-state index contributed by atoms with van der Waals surface area (Å²) in [6.45, 7) is 2.37. The Labute approximate surface area is 121 Å². The summed E-state index contributed by atoms with van der Waals surface area (Å²) in [5, 5.41) is 5.10. The molecule has 3 nitrogen and oxygen atoms in total. The standard InChI is InChI=1S/C14H17NO2S2/c1-2-13-15-11(10-19-13)9-17-14(16)7-3-5-12-6-4-8-18-12/h4,6,8,10H,2-3,5,7,9H2,1H3. The molecule has 0 saturated heterocycles. The number of esters is 1. The number of hydrogen-bond donors (Lipinski definition) is 0. The predicted molar refractivity (Wildman–Crippen MR) is 78.5 cm³/mol. The van der Waals surface area contributed by atoms with E-state index in [4.69, 9.17) is 4.74 Å². The largest absolute Gasteiger partial charge is 0.459 e. The predicted octanol–water partition coefficient (Wildman–Crippen LogP) is 3.83. The van der Waals surface area contributed by atoms with Gasteiger partial charge in [0, 0.05) is 16.7 Å². The first kappa shape index (κ1) is 14.2. The molecule has 0 amide bonds. The fourth-order valence-corrected chi connectivity index (χ4v) is 3.15. The summed E-state index contributed by atoms with van der Waals surface area (Å²) in [7, 11) is 0. The first-order chi connectivity index (χ1) is 9.28. The molecule has 0 fully saturated rings. The Balaban J connectivity index is 1.64.